The Morgan fingerprint density at radius 1 is 1.62 bits per heavy atom. The lowest BCUT2D eigenvalue weighted by molar-refractivity contribution is 0.0586. The molecule has 0 amide bonds. The zero-order valence-corrected chi connectivity index (χ0v) is 8.55. The fourth-order valence-electron chi connectivity index (χ4n) is 1.70. The summed E-state index contributed by atoms with van der Waals surface area (Å²) in [7, 11) is 0. The molecule has 1 heterocycles. The van der Waals surface area contributed by atoms with Crippen LogP contribution in [0.4, 0.5) is 0 Å². The molecule has 1 aliphatic rings. The molecule has 1 saturated carbocycles. The van der Waals surface area contributed by atoms with Crippen LogP contribution < -0.4 is 5.32 Å². The number of thiophene rings is 1. The third-order valence-electron chi connectivity index (χ3n) is 2.64. The van der Waals surface area contributed by atoms with Crippen molar-refractivity contribution in [3.05, 3.63) is 22.4 Å². The van der Waals surface area contributed by atoms with Crippen LogP contribution in [-0.2, 0) is 0 Å². The molecule has 1 aliphatic carbocycles. The summed E-state index contributed by atoms with van der Waals surface area (Å²) in [5.74, 6) is 0. The fraction of sp³-hybridized carbons (Fsp3) is 0.600. The van der Waals surface area contributed by atoms with Crippen molar-refractivity contribution in [3.63, 3.8) is 0 Å². The van der Waals surface area contributed by atoms with Crippen molar-refractivity contribution >= 4 is 11.3 Å². The Morgan fingerprint density at radius 2 is 2.38 bits per heavy atom. The van der Waals surface area contributed by atoms with Crippen LogP contribution in [0.15, 0.2) is 16.8 Å². The van der Waals surface area contributed by atoms with Crippen molar-refractivity contribution in [2.24, 2.45) is 0 Å². The van der Waals surface area contributed by atoms with Crippen LogP contribution in [0.5, 0.6) is 0 Å². The number of hydrogen-bond donors (Lipinski definition) is 2. The monoisotopic (exact) mass is 197 g/mol. The highest BCUT2D eigenvalue weighted by Gasteiger charge is 2.28. The van der Waals surface area contributed by atoms with Crippen molar-refractivity contribution in [3.8, 4) is 0 Å². The van der Waals surface area contributed by atoms with Gasteiger partial charge >= 0.3 is 0 Å². The van der Waals surface area contributed by atoms with Crippen LogP contribution in [0.25, 0.3) is 0 Å². The quantitative estimate of drug-likeness (QED) is 0.776. The number of hydrogen-bond acceptors (Lipinski definition) is 3. The predicted molar refractivity (Wildman–Crippen MR) is 54.9 cm³/mol. The summed E-state index contributed by atoms with van der Waals surface area (Å²) < 4.78 is 0. The lowest BCUT2D eigenvalue weighted by atomic mass is 9.88. The molecular formula is C10H15NOS. The van der Waals surface area contributed by atoms with Gasteiger partial charge in [-0.25, -0.2) is 0 Å². The maximum atomic E-state index is 9.12. The molecule has 0 saturated heterocycles. The van der Waals surface area contributed by atoms with E-state index in [1.807, 2.05) is 0 Å². The van der Waals surface area contributed by atoms with Crippen LogP contribution >= 0.6 is 11.3 Å². The molecule has 0 aliphatic heterocycles. The second-order valence-electron chi connectivity index (χ2n) is 3.77. The average Bonchev–Trinajstić information content (AvgIpc) is 2.53. The van der Waals surface area contributed by atoms with E-state index in [9.17, 15) is 0 Å². The van der Waals surface area contributed by atoms with Crippen LogP contribution in [0.1, 0.15) is 31.4 Å². The first-order valence-corrected chi connectivity index (χ1v) is 5.66. The van der Waals surface area contributed by atoms with Gasteiger partial charge < -0.3 is 10.4 Å². The van der Waals surface area contributed by atoms with Crippen molar-refractivity contribution in [1.29, 1.82) is 0 Å². The molecule has 72 valence electrons. The first kappa shape index (κ1) is 9.19. The SMILES string of the molecule is CC(NC1CC(O)C1)c1ccsc1. The van der Waals surface area contributed by atoms with E-state index in [1.54, 1.807) is 11.3 Å². The number of nitrogens with one attached hydrogen (secondary N) is 1. The van der Waals surface area contributed by atoms with E-state index in [4.69, 9.17) is 5.11 Å². The Hall–Kier alpha value is -0.380. The molecule has 13 heavy (non-hydrogen) atoms. The van der Waals surface area contributed by atoms with Crippen LogP contribution in [-0.4, -0.2) is 17.3 Å². The van der Waals surface area contributed by atoms with Crippen LogP contribution in [0.3, 0.4) is 0 Å². The molecule has 0 aromatic carbocycles. The van der Waals surface area contributed by atoms with Crippen molar-refractivity contribution in [1.82, 2.24) is 5.32 Å². The lowest BCUT2D eigenvalue weighted by Gasteiger charge is -2.34. The van der Waals surface area contributed by atoms with Gasteiger partial charge in [0.05, 0.1) is 6.10 Å². The third kappa shape index (κ3) is 2.10. The molecule has 1 aromatic heterocycles. The summed E-state index contributed by atoms with van der Waals surface area (Å²) in [6.45, 7) is 2.17. The first-order valence-electron chi connectivity index (χ1n) is 4.72. The minimum atomic E-state index is -0.0628. The Balaban J connectivity index is 1.82. The Labute approximate surface area is 82.6 Å². The van der Waals surface area contributed by atoms with Gasteiger partial charge in [0.25, 0.3) is 0 Å². The molecule has 2 N–H and O–H groups in total. The second kappa shape index (κ2) is 3.78. The summed E-state index contributed by atoms with van der Waals surface area (Å²) in [6, 6.07) is 3.09. The fourth-order valence-corrected chi connectivity index (χ4v) is 2.45. The molecule has 1 aromatic rings. The zero-order chi connectivity index (χ0) is 9.26. The first-order chi connectivity index (χ1) is 6.25. The van der Waals surface area contributed by atoms with Gasteiger partial charge in [-0.15, -0.1) is 0 Å². The Morgan fingerprint density at radius 3 is 2.92 bits per heavy atom. The topological polar surface area (TPSA) is 32.3 Å². The smallest absolute Gasteiger partial charge is 0.0570 e. The second-order valence-corrected chi connectivity index (χ2v) is 4.55. The van der Waals surface area contributed by atoms with Crippen LogP contribution in [0.2, 0.25) is 0 Å². The van der Waals surface area contributed by atoms with Gasteiger partial charge in [-0.05, 0) is 42.2 Å². The van der Waals surface area contributed by atoms with Gasteiger partial charge in [-0.2, -0.15) is 11.3 Å². The van der Waals surface area contributed by atoms with Gasteiger partial charge in [-0.1, -0.05) is 0 Å². The van der Waals surface area contributed by atoms with E-state index < -0.39 is 0 Å². The molecule has 0 bridgehead atoms. The van der Waals surface area contributed by atoms with Gasteiger partial charge in [-0.3, -0.25) is 0 Å². The normalized spacial score (nSPS) is 29.7. The van der Waals surface area contributed by atoms with E-state index in [2.05, 4.69) is 29.1 Å². The average molecular weight is 197 g/mol. The summed E-state index contributed by atoms with van der Waals surface area (Å²) in [5, 5.41) is 16.9. The van der Waals surface area contributed by atoms with E-state index in [0.717, 1.165) is 12.8 Å². The molecule has 1 fully saturated rings. The summed E-state index contributed by atoms with van der Waals surface area (Å²) in [5.41, 5.74) is 1.35. The van der Waals surface area contributed by atoms with E-state index >= 15 is 0 Å². The van der Waals surface area contributed by atoms with Gasteiger partial charge in [0.2, 0.25) is 0 Å². The van der Waals surface area contributed by atoms with Crippen molar-refractivity contribution < 1.29 is 5.11 Å². The molecule has 3 heteroatoms. The minimum Gasteiger partial charge on any atom is -0.393 e. The highest BCUT2D eigenvalue weighted by Crippen LogP contribution is 2.24. The van der Waals surface area contributed by atoms with E-state index in [0.29, 0.717) is 12.1 Å². The van der Waals surface area contributed by atoms with Gasteiger partial charge in [0, 0.05) is 12.1 Å². The number of aliphatic hydroxyl groups excluding tert-OH is 1. The highest BCUT2D eigenvalue weighted by molar-refractivity contribution is 7.07. The predicted octanol–water partition coefficient (Wildman–Crippen LogP) is 1.92. The lowest BCUT2D eigenvalue weighted by Crippen LogP contribution is -2.44. The third-order valence-corrected chi connectivity index (χ3v) is 3.34. The molecule has 0 radical (unpaired) electrons. The number of aliphatic hydroxyl groups is 1. The molecule has 0 spiro atoms. The Bertz CT molecular complexity index is 254. The Kier molecular flexibility index (Phi) is 2.67. The van der Waals surface area contributed by atoms with Crippen molar-refractivity contribution in [2.45, 2.75) is 38.0 Å². The van der Waals surface area contributed by atoms with E-state index in [1.165, 1.54) is 5.56 Å². The van der Waals surface area contributed by atoms with Gasteiger partial charge in [0.15, 0.2) is 0 Å². The zero-order valence-electron chi connectivity index (χ0n) is 7.73. The highest BCUT2D eigenvalue weighted by atomic mass is 32.1. The van der Waals surface area contributed by atoms with Crippen LogP contribution in [0, 0.1) is 0 Å². The maximum absolute atomic E-state index is 9.12. The summed E-state index contributed by atoms with van der Waals surface area (Å²) >= 11 is 1.73. The molecule has 2 nitrogen and oxygen atoms in total. The minimum absolute atomic E-state index is 0.0628. The maximum Gasteiger partial charge on any atom is 0.0570 e. The number of rotatable bonds is 3. The molecular weight excluding hydrogens is 182 g/mol. The molecule has 2 rings (SSSR count). The van der Waals surface area contributed by atoms with Gasteiger partial charge in [0.1, 0.15) is 0 Å². The van der Waals surface area contributed by atoms with Crippen molar-refractivity contribution in [2.75, 3.05) is 0 Å². The molecule has 1 atom stereocenters. The summed E-state index contributed by atoms with van der Waals surface area (Å²) in [6.07, 6.45) is 1.76. The standard InChI is InChI=1S/C10H15NOS/c1-7(8-2-3-13-6-8)11-9-4-10(12)5-9/h2-3,6-7,9-12H,4-5H2,1H3. The van der Waals surface area contributed by atoms with E-state index in [-0.39, 0.29) is 6.10 Å². The molecule has 1 unspecified atom stereocenters. The largest absolute Gasteiger partial charge is 0.393 e. The summed E-state index contributed by atoms with van der Waals surface area (Å²) in [4.78, 5) is 0.